The predicted octanol–water partition coefficient (Wildman–Crippen LogP) is 4.26. The number of hydrogen-bond donors (Lipinski definition) is 1. The molecule has 0 bridgehead atoms. The van der Waals surface area contributed by atoms with Gasteiger partial charge in [-0.15, -0.1) is 10.2 Å². The minimum absolute atomic E-state index is 0.400. The molecule has 24 heavy (non-hydrogen) atoms. The molecule has 0 aliphatic rings. The maximum Gasteiger partial charge on any atom is 0.204 e. The van der Waals surface area contributed by atoms with Crippen LogP contribution in [0, 0.1) is 0 Å². The molecule has 124 valence electrons. The molecule has 0 amide bonds. The van der Waals surface area contributed by atoms with Gasteiger partial charge in [0.2, 0.25) is 5.82 Å². The molecule has 6 nitrogen and oxygen atoms in total. The summed E-state index contributed by atoms with van der Waals surface area (Å²) in [5.41, 5.74) is 1.79. The van der Waals surface area contributed by atoms with Gasteiger partial charge in [0.25, 0.3) is 0 Å². The van der Waals surface area contributed by atoms with Crippen molar-refractivity contribution < 1.29 is 9.47 Å². The Morgan fingerprint density at radius 3 is 2.62 bits per heavy atom. The number of ether oxygens (including phenoxy) is 2. The van der Waals surface area contributed by atoms with E-state index < -0.39 is 0 Å². The van der Waals surface area contributed by atoms with Gasteiger partial charge in [0.05, 0.1) is 11.1 Å². The van der Waals surface area contributed by atoms with Crippen LogP contribution in [0.15, 0.2) is 40.9 Å². The normalized spacial score (nSPS) is 10.6. The summed E-state index contributed by atoms with van der Waals surface area (Å²) in [5.74, 6) is 1.72. The third-order valence-electron chi connectivity index (χ3n) is 3.21. The molecule has 2 aromatic carbocycles. The number of hydrogen-bond acceptors (Lipinski definition) is 5. The Morgan fingerprint density at radius 2 is 1.96 bits per heavy atom. The summed E-state index contributed by atoms with van der Waals surface area (Å²) in [6.07, 6.45) is 0. The highest BCUT2D eigenvalue weighted by Crippen LogP contribution is 2.39. The van der Waals surface area contributed by atoms with E-state index in [0.717, 1.165) is 15.6 Å². The van der Waals surface area contributed by atoms with Gasteiger partial charge in [-0.3, -0.25) is 0 Å². The van der Waals surface area contributed by atoms with Gasteiger partial charge in [0, 0.05) is 10.6 Å². The molecular weight excluding hydrogens is 396 g/mol. The van der Waals surface area contributed by atoms with Crippen molar-refractivity contribution >= 4 is 27.5 Å². The molecule has 0 spiro atoms. The lowest BCUT2D eigenvalue weighted by molar-refractivity contribution is 0.268. The molecule has 1 aromatic heterocycles. The van der Waals surface area contributed by atoms with Crippen molar-refractivity contribution in [3.63, 3.8) is 0 Å². The highest BCUT2D eigenvalue weighted by molar-refractivity contribution is 9.10. The monoisotopic (exact) mass is 408 g/mol. The SMILES string of the molecule is CCOc1cc(-c2nn[nH]n2)cc(Br)c1OCc1ccc(Cl)cc1. The zero-order valence-corrected chi connectivity index (χ0v) is 15.1. The average Bonchev–Trinajstić information content (AvgIpc) is 3.10. The van der Waals surface area contributed by atoms with Crippen LogP contribution in [0.2, 0.25) is 5.02 Å². The van der Waals surface area contributed by atoms with Gasteiger partial charge in [0.1, 0.15) is 6.61 Å². The third-order valence-corrected chi connectivity index (χ3v) is 4.05. The summed E-state index contributed by atoms with van der Waals surface area (Å²) in [4.78, 5) is 0. The van der Waals surface area contributed by atoms with E-state index in [1.54, 1.807) is 0 Å². The highest BCUT2D eigenvalue weighted by atomic mass is 79.9. The first-order valence-electron chi connectivity index (χ1n) is 7.24. The molecular formula is C16H14BrClN4O2. The summed E-state index contributed by atoms with van der Waals surface area (Å²) in [5, 5.41) is 14.7. The second-order valence-electron chi connectivity index (χ2n) is 4.87. The van der Waals surface area contributed by atoms with Crippen molar-refractivity contribution in [3.8, 4) is 22.9 Å². The zero-order valence-electron chi connectivity index (χ0n) is 12.8. The van der Waals surface area contributed by atoms with Crippen molar-refractivity contribution in [2.45, 2.75) is 13.5 Å². The van der Waals surface area contributed by atoms with Crippen LogP contribution in [0.25, 0.3) is 11.4 Å². The lowest BCUT2D eigenvalue weighted by Crippen LogP contribution is -2.01. The van der Waals surface area contributed by atoms with Crippen LogP contribution in [0.5, 0.6) is 11.5 Å². The van der Waals surface area contributed by atoms with Crippen molar-refractivity contribution in [1.29, 1.82) is 0 Å². The van der Waals surface area contributed by atoms with Gasteiger partial charge in [-0.1, -0.05) is 23.7 Å². The number of nitrogens with zero attached hydrogens (tertiary/aromatic N) is 3. The molecule has 0 aliphatic carbocycles. The summed E-state index contributed by atoms with van der Waals surface area (Å²) in [7, 11) is 0. The molecule has 1 N–H and O–H groups in total. The van der Waals surface area contributed by atoms with E-state index in [9.17, 15) is 0 Å². The van der Waals surface area contributed by atoms with Gasteiger partial charge in [0.15, 0.2) is 11.5 Å². The number of H-pyrrole nitrogens is 1. The molecule has 0 radical (unpaired) electrons. The van der Waals surface area contributed by atoms with Crippen LogP contribution in [0.4, 0.5) is 0 Å². The number of nitrogens with one attached hydrogen (secondary N) is 1. The van der Waals surface area contributed by atoms with Gasteiger partial charge in [-0.25, -0.2) is 0 Å². The Bertz CT molecular complexity index is 810. The second-order valence-corrected chi connectivity index (χ2v) is 6.16. The van der Waals surface area contributed by atoms with E-state index >= 15 is 0 Å². The van der Waals surface area contributed by atoms with Crippen molar-refractivity contribution in [3.05, 3.63) is 51.5 Å². The van der Waals surface area contributed by atoms with E-state index in [1.807, 2.05) is 43.3 Å². The lowest BCUT2D eigenvalue weighted by atomic mass is 10.2. The van der Waals surface area contributed by atoms with Crippen molar-refractivity contribution in [1.82, 2.24) is 20.6 Å². The molecule has 8 heteroatoms. The quantitative estimate of drug-likeness (QED) is 0.658. The topological polar surface area (TPSA) is 72.9 Å². The Morgan fingerprint density at radius 1 is 1.17 bits per heavy atom. The fourth-order valence-corrected chi connectivity index (χ4v) is 2.80. The zero-order chi connectivity index (χ0) is 16.9. The molecule has 3 rings (SSSR count). The van der Waals surface area contributed by atoms with E-state index in [-0.39, 0.29) is 0 Å². The van der Waals surface area contributed by atoms with Crippen LogP contribution in [-0.2, 0) is 6.61 Å². The summed E-state index contributed by atoms with van der Waals surface area (Å²) >= 11 is 9.43. The Balaban J connectivity index is 1.87. The molecule has 0 unspecified atom stereocenters. The maximum atomic E-state index is 5.94. The van der Waals surface area contributed by atoms with E-state index in [2.05, 4.69) is 36.6 Å². The van der Waals surface area contributed by atoms with Crippen LogP contribution < -0.4 is 9.47 Å². The summed E-state index contributed by atoms with van der Waals surface area (Å²) in [6.45, 7) is 2.83. The Kier molecular flexibility index (Phi) is 5.32. The summed E-state index contributed by atoms with van der Waals surface area (Å²) < 4.78 is 12.4. The minimum atomic E-state index is 0.400. The third kappa shape index (κ3) is 3.85. The maximum absolute atomic E-state index is 5.94. The molecule has 0 atom stereocenters. The van der Waals surface area contributed by atoms with Crippen LogP contribution in [-0.4, -0.2) is 27.2 Å². The Hall–Kier alpha value is -2.12. The highest BCUT2D eigenvalue weighted by Gasteiger charge is 2.15. The van der Waals surface area contributed by atoms with E-state index in [4.69, 9.17) is 21.1 Å². The fourth-order valence-electron chi connectivity index (χ4n) is 2.12. The minimum Gasteiger partial charge on any atom is -0.490 e. The molecule has 0 fully saturated rings. The summed E-state index contributed by atoms with van der Waals surface area (Å²) in [6, 6.07) is 11.2. The number of benzene rings is 2. The predicted molar refractivity (Wildman–Crippen MR) is 94.3 cm³/mol. The van der Waals surface area contributed by atoms with Crippen molar-refractivity contribution in [2.24, 2.45) is 0 Å². The first-order chi connectivity index (χ1) is 11.7. The van der Waals surface area contributed by atoms with E-state index in [0.29, 0.717) is 35.6 Å². The van der Waals surface area contributed by atoms with Gasteiger partial charge in [-0.2, -0.15) is 5.21 Å². The first kappa shape index (κ1) is 16.7. The van der Waals surface area contributed by atoms with Gasteiger partial charge >= 0.3 is 0 Å². The van der Waals surface area contributed by atoms with Crippen molar-refractivity contribution in [2.75, 3.05) is 6.61 Å². The molecule has 3 aromatic rings. The number of aromatic nitrogens is 4. The smallest absolute Gasteiger partial charge is 0.204 e. The number of aromatic amines is 1. The Labute approximate surface area is 152 Å². The van der Waals surface area contributed by atoms with Crippen LogP contribution in [0.3, 0.4) is 0 Å². The number of halogens is 2. The lowest BCUT2D eigenvalue weighted by Gasteiger charge is -2.15. The van der Waals surface area contributed by atoms with Crippen LogP contribution >= 0.6 is 27.5 Å². The van der Waals surface area contributed by atoms with Gasteiger partial charge < -0.3 is 9.47 Å². The number of rotatable bonds is 6. The van der Waals surface area contributed by atoms with E-state index in [1.165, 1.54) is 0 Å². The molecule has 1 heterocycles. The fraction of sp³-hybridized carbons (Fsp3) is 0.188. The molecule has 0 aliphatic heterocycles. The second kappa shape index (κ2) is 7.63. The van der Waals surface area contributed by atoms with Crippen LogP contribution in [0.1, 0.15) is 12.5 Å². The van der Waals surface area contributed by atoms with Gasteiger partial charge in [-0.05, 0) is 57.9 Å². The first-order valence-corrected chi connectivity index (χ1v) is 8.42. The standard InChI is InChI=1S/C16H14BrClN4O2/c1-2-23-14-8-11(16-19-21-22-20-16)7-13(17)15(14)24-9-10-3-5-12(18)6-4-10/h3-8H,2,9H2,1H3,(H,19,20,21,22). The largest absolute Gasteiger partial charge is 0.490 e. The number of tetrazole rings is 1. The average molecular weight is 410 g/mol. The molecule has 0 saturated carbocycles. The molecule has 0 saturated heterocycles.